The molecule has 14 heavy (non-hydrogen) atoms. The van der Waals surface area contributed by atoms with E-state index in [0.29, 0.717) is 5.92 Å². The van der Waals surface area contributed by atoms with Gasteiger partial charge in [-0.25, -0.2) is 0 Å². The third-order valence-electron chi connectivity index (χ3n) is 2.40. The average Bonchev–Trinajstić information content (AvgIpc) is 2.13. The van der Waals surface area contributed by atoms with Crippen LogP contribution in [0.15, 0.2) is 24.3 Å². The average molecular weight is 210 g/mol. The molecule has 1 rings (SSSR count). The van der Waals surface area contributed by atoms with Crippen LogP contribution in [0.25, 0.3) is 0 Å². The van der Waals surface area contributed by atoms with Gasteiger partial charge >= 0.3 is 0 Å². The zero-order valence-electron chi connectivity index (χ0n) is 9.62. The van der Waals surface area contributed by atoms with Crippen molar-refractivity contribution in [3.8, 4) is 0 Å². The van der Waals surface area contributed by atoms with Crippen LogP contribution >= 0.6 is 0 Å². The van der Waals surface area contributed by atoms with E-state index >= 15 is 0 Å². The molecule has 0 fully saturated rings. The Morgan fingerprint density at radius 2 is 2.07 bits per heavy atom. The standard InChI is InChI=1S/C12H22OSi/c1-14(2,3)10-9-13-11-12-7-5-4-6-8-12/h4-7,12H,8-11H2,1-3H3. The number of rotatable bonds is 5. The Bertz CT molecular complexity index is 213. The summed E-state index contributed by atoms with van der Waals surface area (Å²) in [7, 11) is -0.901. The fraction of sp³-hybridized carbons (Fsp3) is 0.667. The molecule has 80 valence electrons. The van der Waals surface area contributed by atoms with Gasteiger partial charge in [-0.05, 0) is 12.5 Å². The fourth-order valence-corrected chi connectivity index (χ4v) is 2.13. The second-order valence-electron chi connectivity index (χ2n) is 5.19. The van der Waals surface area contributed by atoms with Crippen LogP contribution in [0.5, 0.6) is 0 Å². The Morgan fingerprint density at radius 1 is 1.29 bits per heavy atom. The molecule has 2 heteroatoms. The van der Waals surface area contributed by atoms with Gasteiger partial charge in [-0.1, -0.05) is 43.9 Å². The Hall–Kier alpha value is -0.343. The third-order valence-corrected chi connectivity index (χ3v) is 4.10. The topological polar surface area (TPSA) is 9.23 Å². The molecule has 0 saturated heterocycles. The van der Waals surface area contributed by atoms with Crippen LogP contribution in [-0.4, -0.2) is 21.3 Å². The predicted octanol–water partition coefficient (Wildman–Crippen LogP) is 3.47. The van der Waals surface area contributed by atoms with Crippen molar-refractivity contribution in [1.29, 1.82) is 0 Å². The van der Waals surface area contributed by atoms with Gasteiger partial charge in [0.05, 0.1) is 6.61 Å². The molecule has 1 aliphatic rings. The highest BCUT2D eigenvalue weighted by atomic mass is 28.3. The van der Waals surface area contributed by atoms with Gasteiger partial charge in [0.2, 0.25) is 0 Å². The van der Waals surface area contributed by atoms with Gasteiger partial charge in [0.1, 0.15) is 0 Å². The molecule has 0 aromatic rings. The minimum atomic E-state index is -0.901. The van der Waals surface area contributed by atoms with Crippen LogP contribution in [-0.2, 0) is 4.74 Å². The molecule has 1 unspecified atom stereocenters. The van der Waals surface area contributed by atoms with E-state index in [9.17, 15) is 0 Å². The Labute approximate surface area is 88.9 Å². The van der Waals surface area contributed by atoms with Crippen LogP contribution < -0.4 is 0 Å². The van der Waals surface area contributed by atoms with Gasteiger partial charge < -0.3 is 4.74 Å². The van der Waals surface area contributed by atoms with E-state index in [1.807, 2.05) is 0 Å². The largest absolute Gasteiger partial charge is 0.381 e. The highest BCUT2D eigenvalue weighted by Gasteiger charge is 2.12. The molecule has 1 nitrogen and oxygen atoms in total. The molecule has 0 aromatic carbocycles. The van der Waals surface area contributed by atoms with Crippen LogP contribution in [0, 0.1) is 5.92 Å². The number of hydrogen-bond acceptors (Lipinski definition) is 1. The van der Waals surface area contributed by atoms with E-state index in [1.54, 1.807) is 0 Å². The van der Waals surface area contributed by atoms with E-state index in [4.69, 9.17) is 4.74 Å². The summed E-state index contributed by atoms with van der Waals surface area (Å²) in [5.74, 6) is 0.613. The lowest BCUT2D eigenvalue weighted by Gasteiger charge is -2.17. The monoisotopic (exact) mass is 210 g/mol. The SMILES string of the molecule is C[Si](C)(C)CCOCC1C=CC=CC1. The predicted molar refractivity (Wildman–Crippen MR) is 65.4 cm³/mol. The highest BCUT2D eigenvalue weighted by molar-refractivity contribution is 6.76. The van der Waals surface area contributed by atoms with Gasteiger partial charge in [-0.3, -0.25) is 0 Å². The van der Waals surface area contributed by atoms with Crippen LogP contribution in [0.1, 0.15) is 6.42 Å². The molecule has 0 saturated carbocycles. The molecule has 1 atom stereocenters. The molecule has 0 spiro atoms. The summed E-state index contributed by atoms with van der Waals surface area (Å²) >= 11 is 0. The van der Waals surface area contributed by atoms with Crippen molar-refractivity contribution in [3.05, 3.63) is 24.3 Å². The zero-order chi connectivity index (χ0) is 10.4. The van der Waals surface area contributed by atoms with E-state index in [0.717, 1.165) is 19.6 Å². The summed E-state index contributed by atoms with van der Waals surface area (Å²) < 4.78 is 5.70. The first-order valence-corrected chi connectivity index (χ1v) is 9.20. The number of allylic oxidation sites excluding steroid dienone is 3. The molecule has 1 aliphatic carbocycles. The summed E-state index contributed by atoms with van der Waals surface area (Å²) in [5, 5.41) is 0. The summed E-state index contributed by atoms with van der Waals surface area (Å²) in [6.07, 6.45) is 9.83. The maximum atomic E-state index is 5.70. The van der Waals surface area contributed by atoms with Crippen molar-refractivity contribution in [2.75, 3.05) is 13.2 Å². The molecule has 0 aliphatic heterocycles. The van der Waals surface area contributed by atoms with Crippen molar-refractivity contribution in [3.63, 3.8) is 0 Å². The fourth-order valence-electron chi connectivity index (χ4n) is 1.37. The van der Waals surface area contributed by atoms with Crippen LogP contribution in [0.2, 0.25) is 25.7 Å². The lowest BCUT2D eigenvalue weighted by molar-refractivity contribution is 0.124. The van der Waals surface area contributed by atoms with Crippen molar-refractivity contribution >= 4 is 8.07 Å². The van der Waals surface area contributed by atoms with Gasteiger partial charge in [0, 0.05) is 20.6 Å². The molecule has 0 radical (unpaired) electrons. The third kappa shape index (κ3) is 5.40. The summed E-state index contributed by atoms with van der Waals surface area (Å²) in [5.41, 5.74) is 0. The van der Waals surface area contributed by atoms with E-state index < -0.39 is 8.07 Å². The van der Waals surface area contributed by atoms with Gasteiger partial charge in [-0.15, -0.1) is 0 Å². The molecule has 0 aromatic heterocycles. The maximum absolute atomic E-state index is 5.70. The number of ether oxygens (including phenoxy) is 1. The lowest BCUT2D eigenvalue weighted by Crippen LogP contribution is -2.22. The second-order valence-corrected chi connectivity index (χ2v) is 10.8. The normalized spacial score (nSPS) is 21.5. The summed E-state index contributed by atoms with van der Waals surface area (Å²) in [4.78, 5) is 0. The van der Waals surface area contributed by atoms with Crippen molar-refractivity contribution < 1.29 is 4.74 Å². The van der Waals surface area contributed by atoms with Crippen LogP contribution in [0.4, 0.5) is 0 Å². The van der Waals surface area contributed by atoms with E-state index in [2.05, 4.69) is 43.9 Å². The smallest absolute Gasteiger partial charge is 0.0531 e. The van der Waals surface area contributed by atoms with Gasteiger partial charge in [-0.2, -0.15) is 0 Å². The first-order valence-electron chi connectivity index (χ1n) is 5.49. The summed E-state index contributed by atoms with van der Waals surface area (Å²) in [6, 6.07) is 1.28. The summed E-state index contributed by atoms with van der Waals surface area (Å²) in [6.45, 7) is 9.01. The molecule has 0 bridgehead atoms. The van der Waals surface area contributed by atoms with Crippen molar-refractivity contribution in [1.82, 2.24) is 0 Å². The van der Waals surface area contributed by atoms with Gasteiger partial charge in [0.25, 0.3) is 0 Å². The van der Waals surface area contributed by atoms with Crippen LogP contribution in [0.3, 0.4) is 0 Å². The first-order chi connectivity index (χ1) is 6.58. The molecule has 0 N–H and O–H groups in total. The molecular formula is C12H22OSi. The van der Waals surface area contributed by atoms with Gasteiger partial charge in [0.15, 0.2) is 0 Å². The maximum Gasteiger partial charge on any atom is 0.0531 e. The molecular weight excluding hydrogens is 188 g/mol. The first kappa shape index (κ1) is 11.7. The Morgan fingerprint density at radius 3 is 2.64 bits per heavy atom. The lowest BCUT2D eigenvalue weighted by atomic mass is 10.0. The van der Waals surface area contributed by atoms with Crippen molar-refractivity contribution in [2.45, 2.75) is 32.1 Å². The van der Waals surface area contributed by atoms with Crippen molar-refractivity contribution in [2.24, 2.45) is 5.92 Å². The Kier molecular flexibility index (Phi) is 4.62. The minimum absolute atomic E-state index is 0.613. The minimum Gasteiger partial charge on any atom is -0.381 e. The second kappa shape index (κ2) is 5.52. The highest BCUT2D eigenvalue weighted by Crippen LogP contribution is 2.13. The van der Waals surface area contributed by atoms with E-state index in [1.165, 1.54) is 6.04 Å². The van der Waals surface area contributed by atoms with E-state index in [-0.39, 0.29) is 0 Å². The Balaban J connectivity index is 2.04. The molecule has 0 heterocycles. The zero-order valence-corrected chi connectivity index (χ0v) is 10.6. The molecule has 0 amide bonds. The number of hydrogen-bond donors (Lipinski definition) is 0. The quantitative estimate of drug-likeness (QED) is 0.499.